The molecule has 5 heteroatoms. The fraction of sp³-hybridized carbons (Fsp3) is 1.00. The normalized spacial score (nSPS) is 13.3. The molecule has 4 nitrogen and oxygen atoms in total. The number of hydrogen-bond acceptors (Lipinski definition) is 3. The molecule has 1 unspecified atom stereocenters. The summed E-state index contributed by atoms with van der Waals surface area (Å²) in [7, 11) is -4.31. The van der Waals surface area contributed by atoms with Gasteiger partial charge in [0.1, 0.15) is 0 Å². The van der Waals surface area contributed by atoms with Gasteiger partial charge in [0.05, 0.1) is 6.61 Å². The van der Waals surface area contributed by atoms with E-state index in [0.717, 1.165) is 25.7 Å². The van der Waals surface area contributed by atoms with Gasteiger partial charge < -0.3 is 0 Å². The highest BCUT2D eigenvalue weighted by atomic mass is 32.3. The van der Waals surface area contributed by atoms with Crippen molar-refractivity contribution in [1.82, 2.24) is 0 Å². The van der Waals surface area contributed by atoms with E-state index in [1.807, 2.05) is 0 Å². The summed E-state index contributed by atoms with van der Waals surface area (Å²) in [5.74, 6) is 0.244. The van der Waals surface area contributed by atoms with Crippen LogP contribution in [0.25, 0.3) is 0 Å². The summed E-state index contributed by atoms with van der Waals surface area (Å²) in [6, 6.07) is 0. The minimum Gasteiger partial charge on any atom is -0.264 e. The molecule has 146 valence electrons. The quantitative estimate of drug-likeness (QED) is 0.228. The summed E-state index contributed by atoms with van der Waals surface area (Å²) in [5.41, 5.74) is 0. The number of unbranched alkanes of at least 4 members (excludes halogenated alkanes) is 11. The molecule has 1 N–H and O–H groups in total. The van der Waals surface area contributed by atoms with Crippen LogP contribution in [0.4, 0.5) is 0 Å². The molecule has 0 aliphatic rings. The summed E-state index contributed by atoms with van der Waals surface area (Å²) in [4.78, 5) is 0. The first-order chi connectivity index (χ1) is 11.5. The van der Waals surface area contributed by atoms with Crippen molar-refractivity contribution < 1.29 is 17.2 Å². The van der Waals surface area contributed by atoms with Crippen LogP contribution >= 0.6 is 0 Å². The molecule has 1 atom stereocenters. The van der Waals surface area contributed by atoms with E-state index < -0.39 is 10.4 Å². The summed E-state index contributed by atoms with van der Waals surface area (Å²) < 4.78 is 35.0. The van der Waals surface area contributed by atoms with Crippen LogP contribution in [-0.4, -0.2) is 19.6 Å². The maximum Gasteiger partial charge on any atom is 0.397 e. The topological polar surface area (TPSA) is 63.6 Å². The first-order valence-electron chi connectivity index (χ1n) is 10.1. The second-order valence-corrected chi connectivity index (χ2v) is 8.14. The van der Waals surface area contributed by atoms with E-state index in [-0.39, 0.29) is 12.5 Å². The Hall–Kier alpha value is -0.130. The smallest absolute Gasteiger partial charge is 0.264 e. The Morgan fingerprint density at radius 1 is 0.708 bits per heavy atom. The largest absolute Gasteiger partial charge is 0.397 e. The Morgan fingerprint density at radius 3 is 1.46 bits per heavy atom. The van der Waals surface area contributed by atoms with Crippen LogP contribution in [0.2, 0.25) is 0 Å². The molecule has 0 aromatic carbocycles. The zero-order valence-electron chi connectivity index (χ0n) is 16.0. The van der Waals surface area contributed by atoms with Crippen LogP contribution < -0.4 is 0 Å². The Labute approximate surface area is 150 Å². The zero-order chi connectivity index (χ0) is 18.1. The van der Waals surface area contributed by atoms with E-state index in [1.165, 1.54) is 70.6 Å². The fourth-order valence-electron chi connectivity index (χ4n) is 3.10. The highest BCUT2D eigenvalue weighted by Gasteiger charge is 2.13. The van der Waals surface area contributed by atoms with E-state index in [0.29, 0.717) is 0 Å². The van der Waals surface area contributed by atoms with Crippen molar-refractivity contribution in [3.8, 4) is 0 Å². The summed E-state index contributed by atoms with van der Waals surface area (Å²) in [6.07, 6.45) is 18.3. The van der Waals surface area contributed by atoms with Crippen LogP contribution in [0.5, 0.6) is 0 Å². The Bertz CT molecular complexity index is 354. The average Bonchev–Trinajstić information content (AvgIpc) is 2.53. The van der Waals surface area contributed by atoms with Crippen molar-refractivity contribution in [2.45, 2.75) is 110 Å². The Morgan fingerprint density at radius 2 is 1.08 bits per heavy atom. The monoisotopic (exact) mass is 364 g/mol. The lowest BCUT2D eigenvalue weighted by atomic mass is 9.95. The predicted molar refractivity (Wildman–Crippen MR) is 102 cm³/mol. The molecular formula is C19H40O4S. The maximum absolute atomic E-state index is 10.8. The summed E-state index contributed by atoms with van der Waals surface area (Å²) in [5, 5.41) is 0. The van der Waals surface area contributed by atoms with Gasteiger partial charge in [-0.05, 0) is 18.8 Å². The van der Waals surface area contributed by atoms with Gasteiger partial charge in [0.15, 0.2) is 0 Å². The first-order valence-corrected chi connectivity index (χ1v) is 11.5. The highest BCUT2D eigenvalue weighted by molar-refractivity contribution is 7.80. The average molecular weight is 365 g/mol. The molecule has 24 heavy (non-hydrogen) atoms. The van der Waals surface area contributed by atoms with Gasteiger partial charge in [-0.15, -0.1) is 0 Å². The van der Waals surface area contributed by atoms with Gasteiger partial charge in [-0.25, -0.2) is 4.18 Å². The predicted octanol–water partition coefficient (Wildman–Crippen LogP) is 6.31. The van der Waals surface area contributed by atoms with E-state index in [1.54, 1.807) is 0 Å². The Balaban J connectivity index is 3.84. The van der Waals surface area contributed by atoms with Crippen molar-refractivity contribution >= 4 is 10.4 Å². The van der Waals surface area contributed by atoms with Crippen molar-refractivity contribution in [1.29, 1.82) is 0 Å². The molecule has 0 aromatic rings. The van der Waals surface area contributed by atoms with Crippen molar-refractivity contribution in [2.24, 2.45) is 5.92 Å². The molecule has 0 saturated heterocycles. The van der Waals surface area contributed by atoms with Crippen LogP contribution in [0.1, 0.15) is 110 Å². The van der Waals surface area contributed by atoms with Gasteiger partial charge in [0.2, 0.25) is 0 Å². The third-order valence-corrected chi connectivity index (χ3v) is 5.07. The van der Waals surface area contributed by atoms with Crippen LogP contribution in [0, 0.1) is 5.92 Å². The van der Waals surface area contributed by atoms with E-state index in [9.17, 15) is 8.42 Å². The van der Waals surface area contributed by atoms with Gasteiger partial charge >= 0.3 is 10.4 Å². The molecule has 0 bridgehead atoms. The van der Waals surface area contributed by atoms with Crippen LogP contribution in [0.15, 0.2) is 0 Å². The second-order valence-electron chi connectivity index (χ2n) is 7.04. The molecule has 0 heterocycles. The van der Waals surface area contributed by atoms with Crippen molar-refractivity contribution in [3.05, 3.63) is 0 Å². The van der Waals surface area contributed by atoms with Gasteiger partial charge in [-0.2, -0.15) is 8.42 Å². The molecule has 0 radical (unpaired) electrons. The second kappa shape index (κ2) is 16.3. The van der Waals surface area contributed by atoms with Gasteiger partial charge in [-0.3, -0.25) is 4.55 Å². The van der Waals surface area contributed by atoms with Gasteiger partial charge in [0.25, 0.3) is 0 Å². The molecule has 0 spiro atoms. The van der Waals surface area contributed by atoms with Gasteiger partial charge in [-0.1, -0.05) is 97.3 Å². The standard InChI is InChI=1S/C19H40O4S/c1-3-5-7-9-10-11-13-15-17-19(18-23-24(20,21)22)16-14-12-8-6-4-2/h19H,3-18H2,1-2H3,(H,20,21,22). The first kappa shape index (κ1) is 23.9. The lowest BCUT2D eigenvalue weighted by Gasteiger charge is -2.16. The van der Waals surface area contributed by atoms with Crippen LogP contribution in [0.3, 0.4) is 0 Å². The van der Waals surface area contributed by atoms with E-state index in [2.05, 4.69) is 18.0 Å². The van der Waals surface area contributed by atoms with E-state index >= 15 is 0 Å². The fourth-order valence-corrected chi connectivity index (χ4v) is 3.46. The lowest BCUT2D eigenvalue weighted by Crippen LogP contribution is -2.14. The molecule has 0 fully saturated rings. The summed E-state index contributed by atoms with van der Waals surface area (Å²) in [6.45, 7) is 4.56. The molecule has 0 saturated carbocycles. The maximum atomic E-state index is 10.8. The van der Waals surface area contributed by atoms with E-state index in [4.69, 9.17) is 4.55 Å². The summed E-state index contributed by atoms with van der Waals surface area (Å²) >= 11 is 0. The third-order valence-electron chi connectivity index (χ3n) is 4.63. The van der Waals surface area contributed by atoms with Gasteiger partial charge in [0, 0.05) is 0 Å². The number of rotatable bonds is 18. The highest BCUT2D eigenvalue weighted by Crippen LogP contribution is 2.20. The Kier molecular flexibility index (Phi) is 16.3. The van der Waals surface area contributed by atoms with Crippen molar-refractivity contribution in [2.75, 3.05) is 6.61 Å². The SMILES string of the molecule is CCCCCCCCCCC(CCCCCCC)COS(=O)(=O)O. The molecular weight excluding hydrogens is 324 g/mol. The molecule has 0 aromatic heterocycles. The minimum atomic E-state index is -4.31. The zero-order valence-corrected chi connectivity index (χ0v) is 16.8. The minimum absolute atomic E-state index is 0.128. The molecule has 0 amide bonds. The molecule has 0 aliphatic carbocycles. The van der Waals surface area contributed by atoms with Crippen LogP contribution in [-0.2, 0) is 14.6 Å². The number of hydrogen-bond donors (Lipinski definition) is 1. The van der Waals surface area contributed by atoms with Crippen molar-refractivity contribution in [3.63, 3.8) is 0 Å². The third kappa shape index (κ3) is 18.2. The lowest BCUT2D eigenvalue weighted by molar-refractivity contribution is 0.204. The molecule has 0 aliphatic heterocycles. The molecule has 0 rings (SSSR count).